The highest BCUT2D eigenvalue weighted by molar-refractivity contribution is 9.10. The van der Waals surface area contributed by atoms with Gasteiger partial charge in [0, 0.05) is 10.0 Å². The van der Waals surface area contributed by atoms with Crippen LogP contribution in [0.5, 0.6) is 0 Å². The fraction of sp³-hybridized carbons (Fsp3) is 0.364. The Morgan fingerprint density at radius 3 is 2.46 bits per heavy atom. The van der Waals surface area contributed by atoms with Crippen molar-refractivity contribution in [1.82, 2.24) is 0 Å². The summed E-state index contributed by atoms with van der Waals surface area (Å²) in [6.45, 7) is 6.16. The van der Waals surface area contributed by atoms with Crippen LogP contribution in [0, 0.1) is 6.92 Å². The maximum Gasteiger partial charge on any atom is 0.151 e. The normalized spacial score (nSPS) is 10.5. The minimum absolute atomic E-state index is 0.386. The fourth-order valence-corrected chi connectivity index (χ4v) is 1.79. The molecule has 0 aliphatic carbocycles. The van der Waals surface area contributed by atoms with Gasteiger partial charge in [-0.05, 0) is 39.9 Å². The van der Waals surface area contributed by atoms with Gasteiger partial charge in [0.2, 0.25) is 0 Å². The van der Waals surface area contributed by atoms with Gasteiger partial charge in [0.15, 0.2) is 6.29 Å². The molecule has 0 heterocycles. The molecule has 0 saturated carbocycles. The predicted octanol–water partition coefficient (Wildman–Crippen LogP) is 3.69. The van der Waals surface area contributed by atoms with E-state index < -0.39 is 0 Å². The van der Waals surface area contributed by atoms with Crippen molar-refractivity contribution in [2.45, 2.75) is 26.7 Å². The number of hydrogen-bond acceptors (Lipinski definition) is 1. The van der Waals surface area contributed by atoms with Gasteiger partial charge in [-0.1, -0.05) is 26.0 Å². The molecule has 0 aromatic heterocycles. The van der Waals surface area contributed by atoms with E-state index in [4.69, 9.17) is 0 Å². The summed E-state index contributed by atoms with van der Waals surface area (Å²) < 4.78 is 0.925. The summed E-state index contributed by atoms with van der Waals surface area (Å²) in [4.78, 5) is 10.9. The van der Waals surface area contributed by atoms with Crippen LogP contribution in [0.25, 0.3) is 0 Å². The van der Waals surface area contributed by atoms with Gasteiger partial charge in [-0.3, -0.25) is 4.79 Å². The van der Waals surface area contributed by atoms with Gasteiger partial charge in [0.05, 0.1) is 0 Å². The van der Waals surface area contributed by atoms with Gasteiger partial charge in [-0.2, -0.15) is 0 Å². The monoisotopic (exact) mass is 240 g/mol. The van der Waals surface area contributed by atoms with Crippen LogP contribution in [-0.2, 0) is 0 Å². The number of carbonyl (C=O) groups excluding carboxylic acids is 1. The van der Waals surface area contributed by atoms with Crippen LogP contribution in [0.4, 0.5) is 0 Å². The van der Waals surface area contributed by atoms with Crippen LogP contribution in [0.1, 0.15) is 41.3 Å². The molecule has 0 atom stereocenters. The van der Waals surface area contributed by atoms with Gasteiger partial charge < -0.3 is 0 Å². The number of benzene rings is 1. The lowest BCUT2D eigenvalue weighted by Crippen LogP contribution is -1.97. The van der Waals surface area contributed by atoms with E-state index in [2.05, 4.69) is 29.8 Å². The van der Waals surface area contributed by atoms with Gasteiger partial charge >= 0.3 is 0 Å². The molecule has 2 heteroatoms. The molecular formula is C11H13BrO. The van der Waals surface area contributed by atoms with Crippen LogP contribution in [0.15, 0.2) is 16.6 Å². The summed E-state index contributed by atoms with van der Waals surface area (Å²) >= 11 is 3.43. The SMILES string of the molecule is Cc1ccc(C(C)C)c(C=O)c1Br. The van der Waals surface area contributed by atoms with Crippen LogP contribution >= 0.6 is 15.9 Å². The molecule has 1 rings (SSSR count). The van der Waals surface area contributed by atoms with E-state index in [1.54, 1.807) is 0 Å². The lowest BCUT2D eigenvalue weighted by molar-refractivity contribution is 0.112. The molecule has 0 radical (unpaired) electrons. The number of aryl methyl sites for hydroxylation is 1. The molecule has 0 fully saturated rings. The van der Waals surface area contributed by atoms with E-state index in [0.717, 1.165) is 27.4 Å². The molecule has 0 bridgehead atoms. The average molecular weight is 241 g/mol. The van der Waals surface area contributed by atoms with Crippen LogP contribution in [-0.4, -0.2) is 6.29 Å². The van der Waals surface area contributed by atoms with Crippen molar-refractivity contribution in [3.8, 4) is 0 Å². The standard InChI is InChI=1S/C11H13BrO/c1-7(2)9-5-4-8(3)11(12)10(9)6-13/h4-7H,1-3H3. The number of carbonyl (C=O) groups is 1. The number of rotatable bonds is 2. The van der Waals surface area contributed by atoms with E-state index in [0.29, 0.717) is 5.92 Å². The largest absolute Gasteiger partial charge is 0.298 e. The summed E-state index contributed by atoms with van der Waals surface area (Å²) in [5, 5.41) is 0. The van der Waals surface area contributed by atoms with Crippen molar-refractivity contribution in [3.63, 3.8) is 0 Å². The van der Waals surface area contributed by atoms with E-state index in [9.17, 15) is 4.79 Å². The second kappa shape index (κ2) is 4.05. The van der Waals surface area contributed by atoms with Crippen molar-refractivity contribution < 1.29 is 4.79 Å². The zero-order chi connectivity index (χ0) is 10.0. The molecule has 1 aromatic rings. The Bertz CT molecular complexity index is 329. The van der Waals surface area contributed by atoms with Gasteiger partial charge in [-0.25, -0.2) is 0 Å². The van der Waals surface area contributed by atoms with E-state index in [1.165, 1.54) is 0 Å². The summed E-state index contributed by atoms with van der Waals surface area (Å²) in [7, 11) is 0. The van der Waals surface area contributed by atoms with Gasteiger partial charge in [0.25, 0.3) is 0 Å². The Hall–Kier alpha value is -0.630. The first-order valence-corrected chi connectivity index (χ1v) is 5.11. The van der Waals surface area contributed by atoms with Crippen LogP contribution in [0.2, 0.25) is 0 Å². The quantitative estimate of drug-likeness (QED) is 0.721. The molecule has 0 aliphatic heterocycles. The first-order chi connectivity index (χ1) is 6.07. The fourth-order valence-electron chi connectivity index (χ4n) is 1.34. The maximum absolute atomic E-state index is 10.9. The number of hydrogen-bond donors (Lipinski definition) is 0. The Labute approximate surface area is 87.3 Å². The zero-order valence-corrected chi connectivity index (χ0v) is 9.68. The van der Waals surface area contributed by atoms with Crippen molar-refractivity contribution >= 4 is 22.2 Å². The first-order valence-electron chi connectivity index (χ1n) is 4.32. The minimum atomic E-state index is 0.386. The lowest BCUT2D eigenvalue weighted by atomic mass is 9.96. The summed E-state index contributed by atoms with van der Waals surface area (Å²) in [6, 6.07) is 4.06. The highest BCUT2D eigenvalue weighted by Crippen LogP contribution is 2.27. The second-order valence-electron chi connectivity index (χ2n) is 3.47. The highest BCUT2D eigenvalue weighted by Gasteiger charge is 2.10. The van der Waals surface area contributed by atoms with Crippen LogP contribution < -0.4 is 0 Å². The molecule has 0 amide bonds. The van der Waals surface area contributed by atoms with Crippen molar-refractivity contribution in [3.05, 3.63) is 33.3 Å². The topological polar surface area (TPSA) is 17.1 Å². The molecule has 0 unspecified atom stereocenters. The Kier molecular flexibility index (Phi) is 3.26. The third kappa shape index (κ3) is 1.99. The molecule has 0 aliphatic rings. The van der Waals surface area contributed by atoms with Crippen molar-refractivity contribution in [2.24, 2.45) is 0 Å². The highest BCUT2D eigenvalue weighted by atomic mass is 79.9. The Balaban J connectivity index is 3.38. The molecule has 0 saturated heterocycles. The minimum Gasteiger partial charge on any atom is -0.298 e. The molecule has 1 nitrogen and oxygen atoms in total. The smallest absolute Gasteiger partial charge is 0.151 e. The molecule has 13 heavy (non-hydrogen) atoms. The number of halogens is 1. The third-order valence-corrected chi connectivity index (χ3v) is 3.20. The average Bonchev–Trinajstić information content (AvgIpc) is 2.09. The summed E-state index contributed by atoms with van der Waals surface area (Å²) in [5.41, 5.74) is 2.99. The zero-order valence-electron chi connectivity index (χ0n) is 8.10. The van der Waals surface area contributed by atoms with E-state index in [1.807, 2.05) is 19.1 Å². The third-order valence-electron chi connectivity index (χ3n) is 2.15. The lowest BCUT2D eigenvalue weighted by Gasteiger charge is -2.11. The van der Waals surface area contributed by atoms with Crippen molar-refractivity contribution in [1.29, 1.82) is 0 Å². The Morgan fingerprint density at radius 2 is 2.00 bits per heavy atom. The molecular weight excluding hydrogens is 228 g/mol. The molecule has 0 N–H and O–H groups in total. The summed E-state index contributed by atoms with van der Waals surface area (Å²) in [5.74, 6) is 0.386. The van der Waals surface area contributed by atoms with E-state index >= 15 is 0 Å². The molecule has 0 spiro atoms. The molecule has 70 valence electrons. The number of aldehydes is 1. The Morgan fingerprint density at radius 1 is 1.38 bits per heavy atom. The molecule has 1 aromatic carbocycles. The van der Waals surface area contributed by atoms with Gasteiger partial charge in [-0.15, -0.1) is 0 Å². The van der Waals surface area contributed by atoms with Gasteiger partial charge in [0.1, 0.15) is 0 Å². The maximum atomic E-state index is 10.9. The van der Waals surface area contributed by atoms with E-state index in [-0.39, 0.29) is 0 Å². The predicted molar refractivity (Wildman–Crippen MR) is 58.4 cm³/mol. The second-order valence-corrected chi connectivity index (χ2v) is 4.26. The van der Waals surface area contributed by atoms with Crippen LogP contribution in [0.3, 0.4) is 0 Å². The van der Waals surface area contributed by atoms with Crippen molar-refractivity contribution in [2.75, 3.05) is 0 Å². The first kappa shape index (κ1) is 10.5. The summed E-state index contributed by atoms with van der Waals surface area (Å²) in [6.07, 6.45) is 0.923.